The van der Waals surface area contributed by atoms with Gasteiger partial charge >= 0.3 is 0 Å². The van der Waals surface area contributed by atoms with Gasteiger partial charge in [-0.1, -0.05) is 28.1 Å². The summed E-state index contributed by atoms with van der Waals surface area (Å²) in [6.07, 6.45) is 6.43. The Morgan fingerprint density at radius 2 is 1.68 bits per heavy atom. The number of carbonyl (C=O) groups is 2. The molecule has 4 unspecified atom stereocenters. The van der Waals surface area contributed by atoms with Crippen LogP contribution < -0.4 is 11.1 Å². The molecule has 2 bridgehead atoms. The van der Waals surface area contributed by atoms with Gasteiger partial charge in [-0.05, 0) is 54.4 Å². The first-order valence-electron chi connectivity index (χ1n) is 7.57. The van der Waals surface area contributed by atoms with E-state index in [9.17, 15) is 9.59 Å². The number of nitrogens with one attached hydrogen (secondary N) is 1. The molecule has 2 saturated carbocycles. The van der Waals surface area contributed by atoms with Crippen molar-refractivity contribution in [2.24, 2.45) is 34.8 Å². The number of anilines is 1. The Labute approximate surface area is 137 Å². The van der Waals surface area contributed by atoms with E-state index in [1.807, 2.05) is 24.3 Å². The van der Waals surface area contributed by atoms with Crippen LogP contribution in [0.1, 0.15) is 12.8 Å². The predicted molar refractivity (Wildman–Crippen MR) is 86.7 cm³/mol. The molecule has 1 aromatic carbocycles. The van der Waals surface area contributed by atoms with Crippen LogP contribution in [0.15, 0.2) is 40.9 Å². The molecule has 0 heterocycles. The Kier molecular flexibility index (Phi) is 2.98. The van der Waals surface area contributed by atoms with Gasteiger partial charge in [0.15, 0.2) is 0 Å². The first-order chi connectivity index (χ1) is 10.5. The van der Waals surface area contributed by atoms with Crippen LogP contribution in [-0.4, -0.2) is 11.8 Å². The molecule has 4 atom stereocenters. The second kappa shape index (κ2) is 4.69. The summed E-state index contributed by atoms with van der Waals surface area (Å²) in [4.78, 5) is 24.7. The summed E-state index contributed by atoms with van der Waals surface area (Å²) in [7, 11) is 0. The van der Waals surface area contributed by atoms with Crippen LogP contribution in [0, 0.1) is 29.1 Å². The highest BCUT2D eigenvalue weighted by atomic mass is 79.9. The van der Waals surface area contributed by atoms with E-state index in [0.29, 0.717) is 0 Å². The van der Waals surface area contributed by atoms with Crippen molar-refractivity contribution in [1.82, 2.24) is 0 Å². The molecule has 0 aromatic heterocycles. The summed E-state index contributed by atoms with van der Waals surface area (Å²) < 4.78 is 0.959. The lowest BCUT2D eigenvalue weighted by atomic mass is 9.82. The smallest absolute Gasteiger partial charge is 0.228 e. The van der Waals surface area contributed by atoms with Crippen molar-refractivity contribution in [3.05, 3.63) is 40.9 Å². The van der Waals surface area contributed by atoms with Crippen LogP contribution in [0.25, 0.3) is 0 Å². The third kappa shape index (κ3) is 1.88. The molecule has 3 aliphatic rings. The minimum absolute atomic E-state index is 0.0887. The SMILES string of the molecule is NC(=O)C1C(C(=O)Nc2ccc(Br)cc2)C2C=CC1C21CC1. The first-order valence-corrected chi connectivity index (χ1v) is 8.36. The molecule has 0 aliphatic heterocycles. The summed E-state index contributed by atoms with van der Waals surface area (Å²) in [6, 6.07) is 7.45. The van der Waals surface area contributed by atoms with E-state index in [1.165, 1.54) is 0 Å². The zero-order valence-corrected chi connectivity index (χ0v) is 13.5. The summed E-state index contributed by atoms with van der Waals surface area (Å²) in [5.41, 5.74) is 6.50. The van der Waals surface area contributed by atoms with Gasteiger partial charge in [-0.25, -0.2) is 0 Å². The van der Waals surface area contributed by atoms with Crippen LogP contribution in [0.4, 0.5) is 5.69 Å². The minimum atomic E-state index is -0.368. The van der Waals surface area contributed by atoms with Crippen LogP contribution in [0.3, 0.4) is 0 Å². The van der Waals surface area contributed by atoms with E-state index >= 15 is 0 Å². The van der Waals surface area contributed by atoms with Crippen molar-refractivity contribution in [1.29, 1.82) is 0 Å². The van der Waals surface area contributed by atoms with Crippen molar-refractivity contribution in [3.63, 3.8) is 0 Å². The molecule has 22 heavy (non-hydrogen) atoms. The molecule has 5 heteroatoms. The normalized spacial score (nSPS) is 33.1. The van der Waals surface area contributed by atoms with Crippen molar-refractivity contribution in [3.8, 4) is 0 Å². The van der Waals surface area contributed by atoms with E-state index in [4.69, 9.17) is 5.73 Å². The number of carbonyl (C=O) groups excluding carboxylic acids is 2. The molecule has 1 aromatic rings. The highest BCUT2D eigenvalue weighted by molar-refractivity contribution is 9.10. The first kappa shape index (κ1) is 14.0. The molecule has 2 fully saturated rings. The van der Waals surface area contributed by atoms with Crippen molar-refractivity contribution >= 4 is 33.4 Å². The summed E-state index contributed by atoms with van der Waals surface area (Å²) in [5.74, 6) is -0.832. The maximum absolute atomic E-state index is 12.8. The van der Waals surface area contributed by atoms with Gasteiger partial charge in [-0.2, -0.15) is 0 Å². The highest BCUT2D eigenvalue weighted by Gasteiger charge is 2.69. The van der Waals surface area contributed by atoms with Crippen molar-refractivity contribution in [2.45, 2.75) is 12.8 Å². The van der Waals surface area contributed by atoms with Gasteiger partial charge in [0.25, 0.3) is 0 Å². The highest BCUT2D eigenvalue weighted by Crippen LogP contribution is 2.71. The molecular formula is C17H17BrN2O2. The molecule has 4 rings (SSSR count). The average Bonchev–Trinajstić information content (AvgIpc) is 3.15. The number of rotatable bonds is 3. The van der Waals surface area contributed by atoms with E-state index in [1.54, 1.807) is 0 Å². The fourth-order valence-electron chi connectivity index (χ4n) is 4.50. The Bertz CT molecular complexity index is 678. The third-order valence-electron chi connectivity index (χ3n) is 5.58. The summed E-state index contributed by atoms with van der Waals surface area (Å²) in [5, 5.41) is 2.94. The summed E-state index contributed by atoms with van der Waals surface area (Å²) >= 11 is 3.37. The second-order valence-electron chi connectivity index (χ2n) is 6.62. The van der Waals surface area contributed by atoms with E-state index < -0.39 is 0 Å². The second-order valence-corrected chi connectivity index (χ2v) is 7.54. The largest absolute Gasteiger partial charge is 0.369 e. The molecule has 3 aliphatic carbocycles. The monoisotopic (exact) mass is 360 g/mol. The zero-order chi connectivity index (χ0) is 15.5. The van der Waals surface area contributed by atoms with Gasteiger partial charge in [-0.15, -0.1) is 0 Å². The molecular weight excluding hydrogens is 344 g/mol. The van der Waals surface area contributed by atoms with Gasteiger partial charge in [0, 0.05) is 10.2 Å². The number of nitrogens with two attached hydrogens (primary N) is 1. The predicted octanol–water partition coefficient (Wildman–Crippen LogP) is 2.70. The number of primary amides is 1. The standard InChI is InChI=1S/C17H17BrN2O2/c18-9-1-3-10(4-2-9)20-16(22)14-12-6-5-11(13(14)15(19)21)17(12)7-8-17/h1-6,11-14H,7-8H2,(H2,19,21)(H,20,22). The fraction of sp³-hybridized carbons (Fsp3) is 0.412. The van der Waals surface area contributed by atoms with E-state index in [-0.39, 0.29) is 40.9 Å². The van der Waals surface area contributed by atoms with Crippen LogP contribution in [0.2, 0.25) is 0 Å². The molecule has 0 radical (unpaired) electrons. The van der Waals surface area contributed by atoms with Crippen LogP contribution in [0.5, 0.6) is 0 Å². The lowest BCUT2D eigenvalue weighted by Gasteiger charge is -2.24. The molecule has 0 saturated heterocycles. The molecule has 2 amide bonds. The maximum atomic E-state index is 12.8. The average molecular weight is 361 g/mol. The zero-order valence-electron chi connectivity index (χ0n) is 12.0. The van der Waals surface area contributed by atoms with Crippen molar-refractivity contribution in [2.75, 3.05) is 5.32 Å². The third-order valence-corrected chi connectivity index (χ3v) is 6.11. The van der Waals surface area contributed by atoms with Gasteiger partial charge in [0.2, 0.25) is 11.8 Å². The van der Waals surface area contributed by atoms with E-state index in [0.717, 1.165) is 23.0 Å². The van der Waals surface area contributed by atoms with E-state index in [2.05, 4.69) is 33.4 Å². The Morgan fingerprint density at radius 1 is 1.09 bits per heavy atom. The number of allylic oxidation sites excluding steroid dienone is 2. The molecule has 114 valence electrons. The summed E-state index contributed by atoms with van der Waals surface area (Å²) in [6.45, 7) is 0. The number of benzene rings is 1. The topological polar surface area (TPSA) is 72.2 Å². The number of hydrogen-bond acceptors (Lipinski definition) is 2. The van der Waals surface area contributed by atoms with Crippen LogP contribution >= 0.6 is 15.9 Å². The lowest BCUT2D eigenvalue weighted by Crippen LogP contribution is -2.39. The maximum Gasteiger partial charge on any atom is 0.228 e. The van der Waals surface area contributed by atoms with Gasteiger partial charge in [0.1, 0.15) is 0 Å². The fourth-order valence-corrected chi connectivity index (χ4v) is 4.76. The Morgan fingerprint density at radius 3 is 2.23 bits per heavy atom. The van der Waals surface area contributed by atoms with Gasteiger partial charge in [-0.3, -0.25) is 9.59 Å². The molecule has 1 spiro atoms. The minimum Gasteiger partial charge on any atom is -0.369 e. The number of halogens is 1. The Balaban J connectivity index is 1.60. The van der Waals surface area contributed by atoms with Gasteiger partial charge in [0.05, 0.1) is 11.8 Å². The lowest BCUT2D eigenvalue weighted by molar-refractivity contribution is -0.130. The number of hydrogen-bond donors (Lipinski definition) is 2. The number of amides is 2. The van der Waals surface area contributed by atoms with Gasteiger partial charge < -0.3 is 11.1 Å². The van der Waals surface area contributed by atoms with Crippen molar-refractivity contribution < 1.29 is 9.59 Å². The van der Waals surface area contributed by atoms with Crippen LogP contribution in [-0.2, 0) is 9.59 Å². The molecule has 4 nitrogen and oxygen atoms in total. The quantitative estimate of drug-likeness (QED) is 0.813. The Hall–Kier alpha value is -1.62. The molecule has 3 N–H and O–H groups in total.